The molecule has 4 heteroatoms. The third kappa shape index (κ3) is 4.64. The van der Waals surface area contributed by atoms with Gasteiger partial charge in [0.25, 0.3) is 0 Å². The molecule has 3 atom stereocenters. The molecule has 17 heavy (non-hydrogen) atoms. The Labute approximate surface area is 104 Å². The Morgan fingerprint density at radius 2 is 2.12 bits per heavy atom. The van der Waals surface area contributed by atoms with Gasteiger partial charge in [0.15, 0.2) is 0 Å². The zero-order valence-corrected chi connectivity index (χ0v) is 11.5. The zero-order valence-electron chi connectivity index (χ0n) is 11.5. The van der Waals surface area contributed by atoms with Crippen LogP contribution < -0.4 is 11.1 Å². The molecule has 0 bridgehead atoms. The van der Waals surface area contributed by atoms with Crippen LogP contribution in [0.4, 0.5) is 0 Å². The van der Waals surface area contributed by atoms with E-state index in [2.05, 4.69) is 26.1 Å². The normalized spacial score (nSPS) is 26.9. The molecule has 100 valence electrons. The molecular formula is C13H26N2O2. The topological polar surface area (TPSA) is 64.3 Å². The number of carbonyl (C=O) groups excluding carboxylic acids is 1. The Bertz CT molecular complexity index is 261. The molecule has 0 aliphatic heterocycles. The number of hydrogen-bond acceptors (Lipinski definition) is 3. The van der Waals surface area contributed by atoms with Crippen LogP contribution in [-0.2, 0) is 9.53 Å². The molecule has 0 aromatic carbocycles. The van der Waals surface area contributed by atoms with Crippen LogP contribution in [0.3, 0.4) is 0 Å². The van der Waals surface area contributed by atoms with Crippen molar-refractivity contribution in [1.82, 2.24) is 5.32 Å². The van der Waals surface area contributed by atoms with Crippen molar-refractivity contribution in [3.8, 4) is 0 Å². The molecule has 0 aromatic rings. The fourth-order valence-corrected chi connectivity index (χ4v) is 2.08. The van der Waals surface area contributed by atoms with Crippen molar-refractivity contribution in [1.29, 1.82) is 0 Å². The molecule has 0 aromatic heterocycles. The Morgan fingerprint density at radius 1 is 1.47 bits per heavy atom. The van der Waals surface area contributed by atoms with E-state index in [0.717, 1.165) is 19.3 Å². The highest BCUT2D eigenvalue weighted by atomic mass is 16.5. The SMILES string of the molecule is COC1CCC(NC(=O)CC(N)C(C)(C)C)C1. The van der Waals surface area contributed by atoms with Gasteiger partial charge in [-0.05, 0) is 24.7 Å². The van der Waals surface area contributed by atoms with Gasteiger partial charge < -0.3 is 15.8 Å². The summed E-state index contributed by atoms with van der Waals surface area (Å²) < 4.78 is 5.28. The molecule has 1 fully saturated rings. The lowest BCUT2D eigenvalue weighted by atomic mass is 9.85. The Hall–Kier alpha value is -0.610. The van der Waals surface area contributed by atoms with E-state index < -0.39 is 0 Å². The maximum atomic E-state index is 11.8. The summed E-state index contributed by atoms with van der Waals surface area (Å²) in [6, 6.07) is 0.168. The minimum atomic E-state index is -0.0953. The number of nitrogens with one attached hydrogen (secondary N) is 1. The third-order valence-electron chi connectivity index (χ3n) is 3.60. The van der Waals surface area contributed by atoms with Crippen LogP contribution in [-0.4, -0.2) is 31.2 Å². The maximum Gasteiger partial charge on any atom is 0.221 e. The summed E-state index contributed by atoms with van der Waals surface area (Å²) in [5.41, 5.74) is 5.97. The Morgan fingerprint density at radius 3 is 2.59 bits per heavy atom. The number of rotatable bonds is 4. The molecule has 3 unspecified atom stereocenters. The number of methoxy groups -OCH3 is 1. The van der Waals surface area contributed by atoms with Gasteiger partial charge in [-0.25, -0.2) is 0 Å². The lowest BCUT2D eigenvalue weighted by Crippen LogP contribution is -2.42. The van der Waals surface area contributed by atoms with Gasteiger partial charge in [-0.3, -0.25) is 4.79 Å². The number of carbonyl (C=O) groups is 1. The van der Waals surface area contributed by atoms with Gasteiger partial charge in [-0.2, -0.15) is 0 Å². The summed E-state index contributed by atoms with van der Waals surface area (Å²) in [7, 11) is 1.73. The number of nitrogens with two attached hydrogens (primary N) is 1. The number of amides is 1. The van der Waals surface area contributed by atoms with Gasteiger partial charge in [0.1, 0.15) is 0 Å². The average Bonchev–Trinajstić information content (AvgIpc) is 2.63. The number of ether oxygens (including phenoxy) is 1. The van der Waals surface area contributed by atoms with E-state index in [4.69, 9.17) is 10.5 Å². The van der Waals surface area contributed by atoms with E-state index in [0.29, 0.717) is 12.5 Å². The van der Waals surface area contributed by atoms with Crippen molar-refractivity contribution in [3.05, 3.63) is 0 Å². The van der Waals surface area contributed by atoms with E-state index in [1.807, 2.05) is 0 Å². The summed E-state index contributed by atoms with van der Waals surface area (Å²) in [5, 5.41) is 3.05. The first-order valence-electron chi connectivity index (χ1n) is 6.40. The second kappa shape index (κ2) is 5.83. The first-order chi connectivity index (χ1) is 7.82. The van der Waals surface area contributed by atoms with E-state index >= 15 is 0 Å². The van der Waals surface area contributed by atoms with Crippen molar-refractivity contribution in [2.24, 2.45) is 11.1 Å². The smallest absolute Gasteiger partial charge is 0.221 e. The standard InChI is InChI=1S/C13H26N2O2/c1-13(2,3)11(14)8-12(16)15-9-5-6-10(7-9)17-4/h9-11H,5-8,14H2,1-4H3,(H,15,16). The molecule has 1 rings (SSSR count). The van der Waals surface area contributed by atoms with Gasteiger partial charge in [0, 0.05) is 25.6 Å². The summed E-state index contributed by atoms with van der Waals surface area (Å²) in [5.74, 6) is 0.0641. The van der Waals surface area contributed by atoms with Crippen LogP contribution in [0.15, 0.2) is 0 Å². The molecule has 0 saturated heterocycles. The average molecular weight is 242 g/mol. The molecule has 1 amide bonds. The predicted octanol–water partition coefficient (Wildman–Crippen LogP) is 1.43. The fraction of sp³-hybridized carbons (Fsp3) is 0.923. The summed E-state index contributed by atoms with van der Waals surface area (Å²) in [6.07, 6.45) is 3.67. The molecule has 1 aliphatic carbocycles. The van der Waals surface area contributed by atoms with Crippen molar-refractivity contribution < 1.29 is 9.53 Å². The van der Waals surface area contributed by atoms with E-state index in [1.54, 1.807) is 7.11 Å². The van der Waals surface area contributed by atoms with Crippen LogP contribution in [0.2, 0.25) is 0 Å². The molecule has 1 saturated carbocycles. The van der Waals surface area contributed by atoms with Gasteiger partial charge in [-0.1, -0.05) is 20.8 Å². The van der Waals surface area contributed by atoms with Crippen LogP contribution in [0.25, 0.3) is 0 Å². The molecule has 0 spiro atoms. The van der Waals surface area contributed by atoms with Gasteiger partial charge in [-0.15, -0.1) is 0 Å². The van der Waals surface area contributed by atoms with Crippen LogP contribution in [0, 0.1) is 5.41 Å². The highest BCUT2D eigenvalue weighted by Gasteiger charge is 2.28. The molecule has 3 N–H and O–H groups in total. The molecule has 4 nitrogen and oxygen atoms in total. The largest absolute Gasteiger partial charge is 0.381 e. The number of hydrogen-bond donors (Lipinski definition) is 2. The highest BCUT2D eigenvalue weighted by Crippen LogP contribution is 2.23. The first kappa shape index (κ1) is 14.5. The minimum Gasteiger partial charge on any atom is -0.381 e. The second-order valence-electron chi connectivity index (χ2n) is 6.11. The Kier molecular flexibility index (Phi) is 4.95. The van der Waals surface area contributed by atoms with Gasteiger partial charge in [0.2, 0.25) is 5.91 Å². The summed E-state index contributed by atoms with van der Waals surface area (Å²) in [4.78, 5) is 11.8. The zero-order chi connectivity index (χ0) is 13.1. The molecule has 0 radical (unpaired) electrons. The van der Waals surface area contributed by atoms with E-state index in [9.17, 15) is 4.79 Å². The fourth-order valence-electron chi connectivity index (χ4n) is 2.08. The first-order valence-corrected chi connectivity index (χ1v) is 6.40. The van der Waals surface area contributed by atoms with Gasteiger partial charge >= 0.3 is 0 Å². The second-order valence-corrected chi connectivity index (χ2v) is 6.11. The predicted molar refractivity (Wildman–Crippen MR) is 68.6 cm³/mol. The van der Waals surface area contributed by atoms with Crippen molar-refractivity contribution in [3.63, 3.8) is 0 Å². The van der Waals surface area contributed by atoms with E-state index in [-0.39, 0.29) is 23.4 Å². The summed E-state index contributed by atoms with van der Waals surface area (Å²) >= 11 is 0. The third-order valence-corrected chi connectivity index (χ3v) is 3.60. The van der Waals surface area contributed by atoms with Crippen molar-refractivity contribution >= 4 is 5.91 Å². The van der Waals surface area contributed by atoms with Crippen molar-refractivity contribution in [2.75, 3.05) is 7.11 Å². The maximum absolute atomic E-state index is 11.8. The van der Waals surface area contributed by atoms with Crippen molar-refractivity contribution in [2.45, 2.75) is 64.6 Å². The van der Waals surface area contributed by atoms with Crippen LogP contribution in [0.1, 0.15) is 46.5 Å². The Balaban J connectivity index is 2.31. The molecule has 0 heterocycles. The summed E-state index contributed by atoms with van der Waals surface area (Å²) in [6.45, 7) is 6.17. The highest BCUT2D eigenvalue weighted by molar-refractivity contribution is 5.77. The minimum absolute atomic E-state index is 0.0257. The lowest BCUT2D eigenvalue weighted by Gasteiger charge is -2.27. The monoisotopic (exact) mass is 242 g/mol. The quantitative estimate of drug-likeness (QED) is 0.784. The molecular weight excluding hydrogens is 216 g/mol. The molecule has 1 aliphatic rings. The van der Waals surface area contributed by atoms with E-state index in [1.165, 1.54) is 0 Å². The van der Waals surface area contributed by atoms with Gasteiger partial charge in [0.05, 0.1) is 6.10 Å². The van der Waals surface area contributed by atoms with Crippen LogP contribution in [0.5, 0.6) is 0 Å². The lowest BCUT2D eigenvalue weighted by molar-refractivity contribution is -0.122. The van der Waals surface area contributed by atoms with Crippen LogP contribution >= 0.6 is 0 Å².